The number of hydrogen-bond acceptors (Lipinski definition) is 4. The number of methoxy groups -OCH3 is 1. The van der Waals surface area contributed by atoms with Crippen molar-refractivity contribution in [3.8, 4) is 5.75 Å². The van der Waals surface area contributed by atoms with Crippen molar-refractivity contribution in [1.29, 1.82) is 0 Å². The van der Waals surface area contributed by atoms with Crippen LogP contribution in [0.25, 0.3) is 0 Å². The number of aliphatic imine (C=N–C) groups is 1. The summed E-state index contributed by atoms with van der Waals surface area (Å²) in [5, 5.41) is 0. The predicted molar refractivity (Wildman–Crippen MR) is 78.4 cm³/mol. The Bertz CT molecular complexity index is 481. The van der Waals surface area contributed by atoms with Gasteiger partial charge in [-0.05, 0) is 43.2 Å². The summed E-state index contributed by atoms with van der Waals surface area (Å²) in [5.74, 6) is 0.646. The highest BCUT2D eigenvalue weighted by atomic mass is 16.5. The fourth-order valence-electron chi connectivity index (χ4n) is 2.18. The standard InChI is InChI=1S/C16H21NO3/c1-11-8-9-17-10-15(11)20-16(18)12(2)13-4-6-14(19-3)7-5-13/h4-7,9,11-12,15H,8,10H2,1-3H3/t11?,12?,15-/m0/s1. The van der Waals surface area contributed by atoms with Crippen LogP contribution in [0.1, 0.15) is 31.7 Å². The molecule has 0 N–H and O–H groups in total. The van der Waals surface area contributed by atoms with Gasteiger partial charge in [0.2, 0.25) is 0 Å². The lowest BCUT2D eigenvalue weighted by atomic mass is 9.98. The molecule has 0 aliphatic carbocycles. The van der Waals surface area contributed by atoms with Crippen molar-refractivity contribution in [3.05, 3.63) is 29.8 Å². The minimum atomic E-state index is -0.279. The zero-order valence-corrected chi connectivity index (χ0v) is 12.2. The minimum absolute atomic E-state index is 0.104. The van der Waals surface area contributed by atoms with Crippen LogP contribution in [0.4, 0.5) is 0 Å². The van der Waals surface area contributed by atoms with E-state index >= 15 is 0 Å². The number of ether oxygens (including phenoxy) is 2. The Kier molecular flexibility index (Phi) is 4.77. The van der Waals surface area contributed by atoms with E-state index in [0.29, 0.717) is 12.5 Å². The minimum Gasteiger partial charge on any atom is -0.497 e. The second kappa shape index (κ2) is 6.55. The summed E-state index contributed by atoms with van der Waals surface area (Å²) in [7, 11) is 1.62. The molecule has 0 saturated heterocycles. The Morgan fingerprint density at radius 3 is 2.65 bits per heavy atom. The molecule has 1 aliphatic rings. The summed E-state index contributed by atoms with van der Waals surface area (Å²) in [6, 6.07) is 7.50. The van der Waals surface area contributed by atoms with Crippen molar-refractivity contribution >= 4 is 12.2 Å². The highest BCUT2D eigenvalue weighted by Gasteiger charge is 2.26. The first-order valence-corrected chi connectivity index (χ1v) is 6.94. The van der Waals surface area contributed by atoms with E-state index in [1.165, 1.54) is 0 Å². The van der Waals surface area contributed by atoms with Crippen molar-refractivity contribution in [1.82, 2.24) is 0 Å². The maximum atomic E-state index is 12.2. The smallest absolute Gasteiger partial charge is 0.313 e. The maximum Gasteiger partial charge on any atom is 0.313 e. The van der Waals surface area contributed by atoms with E-state index in [9.17, 15) is 4.79 Å². The van der Waals surface area contributed by atoms with E-state index in [4.69, 9.17) is 9.47 Å². The van der Waals surface area contributed by atoms with Crippen LogP contribution in [0, 0.1) is 5.92 Å². The van der Waals surface area contributed by atoms with Crippen LogP contribution in [0.2, 0.25) is 0 Å². The number of hydrogen-bond donors (Lipinski definition) is 0. The van der Waals surface area contributed by atoms with Crippen molar-refractivity contribution in [2.45, 2.75) is 32.3 Å². The number of carbonyl (C=O) groups is 1. The third-order valence-electron chi connectivity index (χ3n) is 3.76. The topological polar surface area (TPSA) is 47.9 Å². The summed E-state index contributed by atoms with van der Waals surface area (Å²) < 4.78 is 10.7. The molecule has 108 valence electrons. The third kappa shape index (κ3) is 3.38. The van der Waals surface area contributed by atoms with Crippen LogP contribution in [-0.2, 0) is 9.53 Å². The molecule has 1 heterocycles. The Morgan fingerprint density at radius 2 is 2.05 bits per heavy atom. The van der Waals surface area contributed by atoms with Gasteiger partial charge in [0.25, 0.3) is 0 Å². The normalized spacial score (nSPS) is 23.1. The molecule has 2 rings (SSSR count). The van der Waals surface area contributed by atoms with E-state index in [-0.39, 0.29) is 18.0 Å². The highest BCUT2D eigenvalue weighted by molar-refractivity contribution is 5.78. The lowest BCUT2D eigenvalue weighted by Gasteiger charge is -2.26. The fourth-order valence-corrected chi connectivity index (χ4v) is 2.18. The zero-order valence-electron chi connectivity index (χ0n) is 12.2. The van der Waals surface area contributed by atoms with Crippen molar-refractivity contribution in [3.63, 3.8) is 0 Å². The van der Waals surface area contributed by atoms with E-state index < -0.39 is 0 Å². The van der Waals surface area contributed by atoms with Gasteiger partial charge in [-0.25, -0.2) is 0 Å². The van der Waals surface area contributed by atoms with Gasteiger partial charge in [0.1, 0.15) is 11.9 Å². The number of carbonyl (C=O) groups excluding carboxylic acids is 1. The molecule has 0 bridgehead atoms. The van der Waals surface area contributed by atoms with Crippen LogP contribution in [0.15, 0.2) is 29.3 Å². The molecular formula is C16H21NO3. The molecule has 0 spiro atoms. The first-order valence-electron chi connectivity index (χ1n) is 6.94. The first-order chi connectivity index (χ1) is 9.61. The van der Waals surface area contributed by atoms with Crippen LogP contribution in [-0.4, -0.2) is 31.9 Å². The predicted octanol–water partition coefficient (Wildman–Crippen LogP) is 2.82. The SMILES string of the molecule is COc1ccc(C(C)C(=O)O[C@H]2CN=CCC2C)cc1. The quantitative estimate of drug-likeness (QED) is 0.794. The molecule has 2 unspecified atom stereocenters. The van der Waals surface area contributed by atoms with Crippen molar-refractivity contribution in [2.24, 2.45) is 10.9 Å². The zero-order chi connectivity index (χ0) is 14.5. The summed E-state index contributed by atoms with van der Waals surface area (Å²) in [4.78, 5) is 16.4. The average molecular weight is 275 g/mol. The third-order valence-corrected chi connectivity index (χ3v) is 3.76. The Labute approximate surface area is 119 Å². The van der Waals surface area contributed by atoms with Crippen LogP contribution >= 0.6 is 0 Å². The van der Waals surface area contributed by atoms with Crippen molar-refractivity contribution in [2.75, 3.05) is 13.7 Å². The Hall–Kier alpha value is -1.84. The number of rotatable bonds is 4. The molecule has 4 heteroatoms. The van der Waals surface area contributed by atoms with Gasteiger partial charge in [-0.15, -0.1) is 0 Å². The van der Waals surface area contributed by atoms with Crippen LogP contribution in [0.3, 0.4) is 0 Å². The molecule has 0 fully saturated rings. The second-order valence-electron chi connectivity index (χ2n) is 5.23. The van der Waals surface area contributed by atoms with Gasteiger partial charge < -0.3 is 9.47 Å². The molecular weight excluding hydrogens is 254 g/mol. The fraction of sp³-hybridized carbons (Fsp3) is 0.500. The van der Waals surface area contributed by atoms with E-state index in [2.05, 4.69) is 11.9 Å². The van der Waals surface area contributed by atoms with Crippen LogP contribution in [0.5, 0.6) is 5.75 Å². The molecule has 0 aromatic heterocycles. The lowest BCUT2D eigenvalue weighted by Crippen LogP contribution is -2.32. The molecule has 3 atom stereocenters. The Morgan fingerprint density at radius 1 is 1.35 bits per heavy atom. The van der Waals surface area contributed by atoms with E-state index in [1.807, 2.05) is 37.4 Å². The number of benzene rings is 1. The van der Waals surface area contributed by atoms with E-state index in [0.717, 1.165) is 17.7 Å². The van der Waals surface area contributed by atoms with Gasteiger partial charge in [-0.3, -0.25) is 9.79 Å². The highest BCUT2D eigenvalue weighted by Crippen LogP contribution is 2.23. The molecule has 0 amide bonds. The molecule has 20 heavy (non-hydrogen) atoms. The van der Waals surface area contributed by atoms with Gasteiger partial charge in [-0.1, -0.05) is 19.1 Å². The molecule has 1 aliphatic heterocycles. The van der Waals surface area contributed by atoms with Crippen molar-refractivity contribution < 1.29 is 14.3 Å². The summed E-state index contributed by atoms with van der Waals surface area (Å²) in [6.45, 7) is 4.52. The van der Waals surface area contributed by atoms with Gasteiger partial charge in [0.05, 0.1) is 19.6 Å². The molecule has 1 aromatic carbocycles. The molecule has 1 aromatic rings. The second-order valence-corrected chi connectivity index (χ2v) is 5.23. The lowest BCUT2D eigenvalue weighted by molar-refractivity contribution is -0.152. The largest absolute Gasteiger partial charge is 0.497 e. The summed E-state index contributed by atoms with van der Waals surface area (Å²) >= 11 is 0. The number of esters is 1. The molecule has 0 radical (unpaired) electrons. The monoisotopic (exact) mass is 275 g/mol. The molecule has 4 nitrogen and oxygen atoms in total. The first kappa shape index (κ1) is 14.6. The van der Waals surface area contributed by atoms with Gasteiger partial charge in [0, 0.05) is 0 Å². The maximum absolute atomic E-state index is 12.2. The van der Waals surface area contributed by atoms with Crippen LogP contribution < -0.4 is 4.74 Å². The molecule has 0 saturated carbocycles. The summed E-state index contributed by atoms with van der Waals surface area (Å²) in [5.41, 5.74) is 0.933. The van der Waals surface area contributed by atoms with Gasteiger partial charge >= 0.3 is 5.97 Å². The van der Waals surface area contributed by atoms with E-state index in [1.54, 1.807) is 7.11 Å². The van der Waals surface area contributed by atoms with Gasteiger partial charge in [0.15, 0.2) is 0 Å². The number of nitrogens with zero attached hydrogens (tertiary/aromatic N) is 1. The Balaban J connectivity index is 1.98. The summed E-state index contributed by atoms with van der Waals surface area (Å²) in [6.07, 6.45) is 2.67. The van der Waals surface area contributed by atoms with Gasteiger partial charge in [-0.2, -0.15) is 0 Å². The average Bonchev–Trinajstić information content (AvgIpc) is 2.49.